The van der Waals surface area contributed by atoms with Gasteiger partial charge in [0.15, 0.2) is 0 Å². The summed E-state index contributed by atoms with van der Waals surface area (Å²) in [5.74, 6) is 0.315. The third kappa shape index (κ3) is 5.01. The van der Waals surface area contributed by atoms with Gasteiger partial charge in [-0.1, -0.05) is 18.2 Å². The molecule has 2 aromatic carbocycles. The van der Waals surface area contributed by atoms with Crippen molar-refractivity contribution in [1.29, 1.82) is 0 Å². The lowest BCUT2D eigenvalue weighted by Crippen LogP contribution is -2.28. The Balaban J connectivity index is 1.92. The predicted molar refractivity (Wildman–Crippen MR) is 91.3 cm³/mol. The fraction of sp³-hybridized carbons (Fsp3) is 0.222. The molecule has 0 radical (unpaired) electrons. The number of urea groups is 1. The van der Waals surface area contributed by atoms with E-state index < -0.39 is 5.97 Å². The minimum absolute atomic E-state index is 0.303. The highest BCUT2D eigenvalue weighted by Gasteiger charge is 2.08. The van der Waals surface area contributed by atoms with Crippen LogP contribution in [0.2, 0.25) is 0 Å². The first kappa shape index (κ1) is 17.3. The summed E-state index contributed by atoms with van der Waals surface area (Å²) in [6.45, 7) is 2.41. The summed E-state index contributed by atoms with van der Waals surface area (Å²) in [6.07, 6.45) is 0. The molecule has 24 heavy (non-hydrogen) atoms. The van der Waals surface area contributed by atoms with Gasteiger partial charge >= 0.3 is 12.0 Å². The topological polar surface area (TPSA) is 76.7 Å². The third-order valence-corrected chi connectivity index (χ3v) is 3.22. The van der Waals surface area contributed by atoms with Crippen LogP contribution in [0.3, 0.4) is 0 Å². The van der Waals surface area contributed by atoms with Gasteiger partial charge in [0.25, 0.3) is 0 Å². The quantitative estimate of drug-likeness (QED) is 0.799. The number of methoxy groups -OCH3 is 1. The lowest BCUT2D eigenvalue weighted by atomic mass is 10.2. The number of anilines is 1. The molecule has 0 saturated carbocycles. The van der Waals surface area contributed by atoms with Gasteiger partial charge in [0, 0.05) is 12.2 Å². The molecule has 0 atom stereocenters. The number of esters is 1. The Labute approximate surface area is 140 Å². The van der Waals surface area contributed by atoms with Gasteiger partial charge < -0.3 is 20.1 Å². The van der Waals surface area contributed by atoms with E-state index in [1.54, 1.807) is 38.3 Å². The molecular formula is C18H20N2O4. The summed E-state index contributed by atoms with van der Waals surface area (Å²) >= 11 is 0. The molecule has 0 unspecified atom stereocenters. The highest BCUT2D eigenvalue weighted by atomic mass is 16.5. The Bertz CT molecular complexity index is 716. The normalized spacial score (nSPS) is 9.92. The number of hydrogen-bond donors (Lipinski definition) is 2. The van der Waals surface area contributed by atoms with Crippen molar-refractivity contribution in [2.24, 2.45) is 0 Å². The van der Waals surface area contributed by atoms with Crippen molar-refractivity contribution >= 4 is 17.7 Å². The van der Waals surface area contributed by atoms with Crippen LogP contribution in [0, 0.1) is 0 Å². The smallest absolute Gasteiger partial charge is 0.338 e. The van der Waals surface area contributed by atoms with Crippen LogP contribution in [0.15, 0.2) is 48.5 Å². The van der Waals surface area contributed by atoms with Crippen molar-refractivity contribution in [3.8, 4) is 5.75 Å². The Hall–Kier alpha value is -3.02. The second-order valence-corrected chi connectivity index (χ2v) is 4.96. The van der Waals surface area contributed by atoms with Crippen LogP contribution >= 0.6 is 0 Å². The predicted octanol–water partition coefficient (Wildman–Crippen LogP) is 3.19. The molecule has 126 valence electrons. The largest absolute Gasteiger partial charge is 0.497 e. The third-order valence-electron chi connectivity index (χ3n) is 3.22. The van der Waals surface area contributed by atoms with E-state index >= 15 is 0 Å². The van der Waals surface area contributed by atoms with Crippen LogP contribution in [0.25, 0.3) is 0 Å². The van der Waals surface area contributed by atoms with Gasteiger partial charge in [-0.05, 0) is 42.8 Å². The van der Waals surface area contributed by atoms with Crippen molar-refractivity contribution in [3.63, 3.8) is 0 Å². The average Bonchev–Trinajstić information content (AvgIpc) is 2.60. The average molecular weight is 328 g/mol. The molecule has 0 aliphatic carbocycles. The maximum Gasteiger partial charge on any atom is 0.338 e. The van der Waals surface area contributed by atoms with Gasteiger partial charge in [0.1, 0.15) is 5.75 Å². The van der Waals surface area contributed by atoms with Crippen LogP contribution in [0.5, 0.6) is 5.75 Å². The zero-order valence-electron chi connectivity index (χ0n) is 13.7. The lowest BCUT2D eigenvalue weighted by molar-refractivity contribution is 0.0526. The maximum absolute atomic E-state index is 12.0. The van der Waals surface area contributed by atoms with Gasteiger partial charge in [0.05, 0.1) is 19.3 Å². The Morgan fingerprint density at radius 3 is 2.62 bits per heavy atom. The minimum atomic E-state index is -0.419. The van der Waals surface area contributed by atoms with Gasteiger partial charge in [-0.3, -0.25) is 0 Å². The number of nitrogens with one attached hydrogen (secondary N) is 2. The first-order chi connectivity index (χ1) is 11.6. The van der Waals surface area contributed by atoms with Crippen LogP contribution in [0.1, 0.15) is 22.8 Å². The molecule has 0 saturated heterocycles. The first-order valence-corrected chi connectivity index (χ1v) is 7.57. The van der Waals surface area contributed by atoms with Crippen molar-refractivity contribution in [2.45, 2.75) is 13.5 Å². The van der Waals surface area contributed by atoms with E-state index in [-0.39, 0.29) is 6.03 Å². The molecule has 0 aromatic heterocycles. The van der Waals surface area contributed by atoms with E-state index in [0.29, 0.717) is 24.4 Å². The fourth-order valence-corrected chi connectivity index (χ4v) is 2.08. The van der Waals surface area contributed by atoms with Crippen molar-refractivity contribution in [1.82, 2.24) is 5.32 Å². The van der Waals surface area contributed by atoms with Crippen molar-refractivity contribution in [3.05, 3.63) is 59.7 Å². The fourth-order valence-electron chi connectivity index (χ4n) is 2.08. The molecule has 0 spiro atoms. The highest BCUT2D eigenvalue weighted by molar-refractivity contribution is 5.93. The molecule has 2 rings (SSSR count). The molecule has 0 bridgehead atoms. The molecule has 0 fully saturated rings. The summed E-state index contributed by atoms with van der Waals surface area (Å²) in [5.41, 5.74) is 1.83. The molecule has 0 aliphatic rings. The monoisotopic (exact) mass is 328 g/mol. The molecule has 0 heterocycles. The van der Waals surface area contributed by atoms with E-state index in [1.807, 2.05) is 24.3 Å². The zero-order valence-corrected chi connectivity index (χ0v) is 13.7. The molecule has 2 N–H and O–H groups in total. The number of carbonyl (C=O) groups excluding carboxylic acids is 2. The minimum Gasteiger partial charge on any atom is -0.497 e. The number of hydrogen-bond acceptors (Lipinski definition) is 4. The second-order valence-electron chi connectivity index (χ2n) is 4.96. The van der Waals surface area contributed by atoms with Gasteiger partial charge in [0.2, 0.25) is 0 Å². The van der Waals surface area contributed by atoms with Crippen LogP contribution in [0.4, 0.5) is 10.5 Å². The molecule has 6 nitrogen and oxygen atoms in total. The lowest BCUT2D eigenvalue weighted by Gasteiger charge is -2.09. The summed E-state index contributed by atoms with van der Waals surface area (Å²) in [7, 11) is 1.59. The van der Waals surface area contributed by atoms with Crippen molar-refractivity contribution in [2.75, 3.05) is 19.0 Å². The van der Waals surface area contributed by atoms with Crippen LogP contribution in [-0.2, 0) is 11.3 Å². The summed E-state index contributed by atoms with van der Waals surface area (Å²) in [5, 5.41) is 5.44. The Morgan fingerprint density at radius 2 is 1.88 bits per heavy atom. The number of carbonyl (C=O) groups is 2. The Morgan fingerprint density at radius 1 is 1.08 bits per heavy atom. The molecule has 6 heteroatoms. The first-order valence-electron chi connectivity index (χ1n) is 7.57. The van der Waals surface area contributed by atoms with E-state index in [2.05, 4.69) is 10.6 Å². The van der Waals surface area contributed by atoms with E-state index in [1.165, 1.54) is 0 Å². The van der Waals surface area contributed by atoms with Crippen LogP contribution < -0.4 is 15.4 Å². The SMILES string of the molecule is CCOC(=O)c1cccc(NC(=O)NCc2cccc(OC)c2)c1. The number of ether oxygens (including phenoxy) is 2. The molecule has 0 aliphatic heterocycles. The summed E-state index contributed by atoms with van der Waals surface area (Å²) in [4.78, 5) is 23.7. The molecule has 2 amide bonds. The number of benzene rings is 2. The summed E-state index contributed by atoms with van der Waals surface area (Å²) < 4.78 is 10.1. The van der Waals surface area contributed by atoms with E-state index in [0.717, 1.165) is 11.3 Å². The standard InChI is InChI=1S/C18H20N2O4/c1-3-24-17(21)14-7-5-8-15(11-14)20-18(22)19-12-13-6-4-9-16(10-13)23-2/h4-11H,3,12H2,1-2H3,(H2,19,20,22). The second kappa shape index (κ2) is 8.57. The van der Waals surface area contributed by atoms with Gasteiger partial charge in [-0.2, -0.15) is 0 Å². The number of amides is 2. The Kier molecular flexibility index (Phi) is 6.19. The zero-order chi connectivity index (χ0) is 17.4. The molecular weight excluding hydrogens is 308 g/mol. The van der Waals surface area contributed by atoms with Crippen molar-refractivity contribution < 1.29 is 19.1 Å². The summed E-state index contributed by atoms with van der Waals surface area (Å²) in [6, 6.07) is 13.7. The van der Waals surface area contributed by atoms with Gasteiger partial charge in [-0.25, -0.2) is 9.59 Å². The molecule has 2 aromatic rings. The van der Waals surface area contributed by atoms with Crippen LogP contribution in [-0.4, -0.2) is 25.7 Å². The van der Waals surface area contributed by atoms with E-state index in [9.17, 15) is 9.59 Å². The van der Waals surface area contributed by atoms with E-state index in [4.69, 9.17) is 9.47 Å². The highest BCUT2D eigenvalue weighted by Crippen LogP contribution is 2.13. The maximum atomic E-state index is 12.0. The van der Waals surface area contributed by atoms with Gasteiger partial charge in [-0.15, -0.1) is 0 Å². The number of rotatable bonds is 6.